The fraction of sp³-hybridized carbons (Fsp3) is 0.462. The van der Waals surface area contributed by atoms with Crippen LogP contribution in [0.25, 0.3) is 0 Å². The second kappa shape index (κ2) is 4.28. The number of aromatic nitrogens is 1. The topological polar surface area (TPSA) is 67.3 Å². The van der Waals surface area contributed by atoms with Crippen molar-refractivity contribution >= 4 is 11.8 Å². The molecule has 0 amide bonds. The van der Waals surface area contributed by atoms with Crippen LogP contribution in [0.15, 0.2) is 12.1 Å². The zero-order valence-corrected chi connectivity index (χ0v) is 9.93. The normalized spacial score (nSPS) is 15.0. The van der Waals surface area contributed by atoms with Gasteiger partial charge in [-0.2, -0.15) is 0 Å². The maximum Gasteiger partial charge on any atom is 0.338 e. The minimum Gasteiger partial charge on any atom is -0.478 e. The Kier molecular flexibility index (Phi) is 2.96. The number of pyridine rings is 1. The summed E-state index contributed by atoms with van der Waals surface area (Å²) in [5.74, 6) is -1.12. The first-order valence-corrected chi connectivity index (χ1v) is 5.79. The molecule has 0 aromatic carbocycles. The molecular weight excluding hydrogens is 218 g/mol. The van der Waals surface area contributed by atoms with Crippen LogP contribution in [-0.2, 0) is 0 Å². The van der Waals surface area contributed by atoms with Gasteiger partial charge in [0.2, 0.25) is 0 Å². The van der Waals surface area contributed by atoms with E-state index in [9.17, 15) is 9.59 Å². The third kappa shape index (κ3) is 2.35. The van der Waals surface area contributed by atoms with Gasteiger partial charge in [0, 0.05) is 17.5 Å². The van der Waals surface area contributed by atoms with E-state index in [1.54, 1.807) is 19.9 Å². The number of carboxylic acid groups (broad SMARTS) is 1. The standard InChI is InChI=1S/C13H15NO3/c1-7(2)12(15)11-9(13(16)17)5-6-10(14-11)8-3-4-8/h5-8H,3-4H2,1-2H3,(H,16,17). The lowest BCUT2D eigenvalue weighted by atomic mass is 10.0. The smallest absolute Gasteiger partial charge is 0.338 e. The Morgan fingerprint density at radius 2 is 2.00 bits per heavy atom. The van der Waals surface area contributed by atoms with Crippen molar-refractivity contribution in [3.63, 3.8) is 0 Å². The van der Waals surface area contributed by atoms with Gasteiger partial charge in [-0.15, -0.1) is 0 Å². The van der Waals surface area contributed by atoms with Crippen LogP contribution in [0, 0.1) is 5.92 Å². The number of carbonyl (C=O) groups is 2. The largest absolute Gasteiger partial charge is 0.478 e. The van der Waals surface area contributed by atoms with Crippen molar-refractivity contribution in [3.8, 4) is 0 Å². The van der Waals surface area contributed by atoms with Crippen molar-refractivity contribution < 1.29 is 14.7 Å². The predicted octanol–water partition coefficient (Wildman–Crippen LogP) is 2.50. The Hall–Kier alpha value is -1.71. The number of hydrogen-bond acceptors (Lipinski definition) is 3. The van der Waals surface area contributed by atoms with Crippen LogP contribution >= 0.6 is 0 Å². The van der Waals surface area contributed by atoms with Gasteiger partial charge in [0.05, 0.1) is 5.56 Å². The van der Waals surface area contributed by atoms with Gasteiger partial charge in [-0.05, 0) is 25.0 Å². The van der Waals surface area contributed by atoms with Crippen LogP contribution in [0.3, 0.4) is 0 Å². The van der Waals surface area contributed by atoms with Crippen LogP contribution in [0.1, 0.15) is 59.1 Å². The van der Waals surface area contributed by atoms with E-state index < -0.39 is 5.97 Å². The number of Topliss-reactive ketones (excluding diaryl/α,β-unsaturated/α-hetero) is 1. The summed E-state index contributed by atoms with van der Waals surface area (Å²) in [6, 6.07) is 3.22. The molecule has 0 spiro atoms. The maximum atomic E-state index is 11.9. The lowest BCUT2D eigenvalue weighted by Crippen LogP contribution is -2.16. The summed E-state index contributed by atoms with van der Waals surface area (Å²) in [5, 5.41) is 9.05. The molecular formula is C13H15NO3. The summed E-state index contributed by atoms with van der Waals surface area (Å²) in [6.45, 7) is 3.50. The molecule has 1 aromatic rings. The molecule has 2 rings (SSSR count). The first kappa shape index (κ1) is 11.8. The van der Waals surface area contributed by atoms with Gasteiger partial charge >= 0.3 is 5.97 Å². The van der Waals surface area contributed by atoms with E-state index in [1.807, 2.05) is 0 Å². The Morgan fingerprint density at radius 3 is 2.47 bits per heavy atom. The summed E-state index contributed by atoms with van der Waals surface area (Å²) >= 11 is 0. The first-order valence-electron chi connectivity index (χ1n) is 5.79. The molecule has 1 N–H and O–H groups in total. The number of carboxylic acids is 1. The summed E-state index contributed by atoms with van der Waals surface area (Å²) in [5.41, 5.74) is 0.962. The zero-order valence-electron chi connectivity index (χ0n) is 9.93. The van der Waals surface area contributed by atoms with E-state index >= 15 is 0 Å². The lowest BCUT2D eigenvalue weighted by Gasteiger charge is -2.08. The van der Waals surface area contributed by atoms with Gasteiger partial charge in [0.25, 0.3) is 0 Å². The Morgan fingerprint density at radius 1 is 1.35 bits per heavy atom. The zero-order chi connectivity index (χ0) is 12.6. The molecule has 4 heteroatoms. The summed E-state index contributed by atoms with van der Waals surface area (Å²) < 4.78 is 0. The van der Waals surface area contributed by atoms with Crippen molar-refractivity contribution in [2.45, 2.75) is 32.6 Å². The summed E-state index contributed by atoms with van der Waals surface area (Å²) in [4.78, 5) is 27.2. The number of ketones is 1. The molecule has 0 aliphatic heterocycles. The molecule has 0 unspecified atom stereocenters. The molecule has 90 valence electrons. The van der Waals surface area contributed by atoms with Gasteiger partial charge in [0.15, 0.2) is 5.78 Å². The third-order valence-electron chi connectivity index (χ3n) is 2.90. The molecule has 1 aliphatic rings. The second-order valence-electron chi connectivity index (χ2n) is 4.73. The van der Waals surface area contributed by atoms with Crippen molar-refractivity contribution in [1.29, 1.82) is 0 Å². The van der Waals surface area contributed by atoms with E-state index in [0.717, 1.165) is 18.5 Å². The molecule has 0 radical (unpaired) electrons. The van der Waals surface area contributed by atoms with Crippen LogP contribution < -0.4 is 0 Å². The minimum absolute atomic E-state index is 0.00750. The molecule has 1 aliphatic carbocycles. The first-order chi connectivity index (χ1) is 8.00. The number of rotatable bonds is 4. The molecule has 0 atom stereocenters. The highest BCUT2D eigenvalue weighted by atomic mass is 16.4. The molecule has 1 saturated carbocycles. The van der Waals surface area contributed by atoms with Gasteiger partial charge in [-0.1, -0.05) is 13.8 Å². The Bertz CT molecular complexity index is 476. The average molecular weight is 233 g/mol. The van der Waals surface area contributed by atoms with Gasteiger partial charge in [-0.3, -0.25) is 4.79 Å². The molecule has 17 heavy (non-hydrogen) atoms. The van der Waals surface area contributed by atoms with Crippen LogP contribution in [0.2, 0.25) is 0 Å². The molecule has 1 aromatic heterocycles. The fourth-order valence-electron chi connectivity index (χ4n) is 1.71. The molecule has 1 heterocycles. The van der Waals surface area contributed by atoms with E-state index in [4.69, 9.17) is 5.11 Å². The van der Waals surface area contributed by atoms with Gasteiger partial charge in [-0.25, -0.2) is 9.78 Å². The highest BCUT2D eigenvalue weighted by Gasteiger charge is 2.28. The lowest BCUT2D eigenvalue weighted by molar-refractivity contribution is 0.0689. The molecule has 4 nitrogen and oxygen atoms in total. The number of nitrogens with zero attached hydrogens (tertiary/aromatic N) is 1. The van der Waals surface area contributed by atoms with Crippen molar-refractivity contribution in [2.75, 3.05) is 0 Å². The van der Waals surface area contributed by atoms with Crippen LogP contribution in [0.4, 0.5) is 0 Å². The summed E-state index contributed by atoms with van der Waals surface area (Å²) in [7, 11) is 0. The minimum atomic E-state index is -1.09. The number of carbonyl (C=O) groups excluding carboxylic acids is 1. The average Bonchev–Trinajstić information content (AvgIpc) is 3.10. The predicted molar refractivity (Wildman–Crippen MR) is 62.3 cm³/mol. The fourth-order valence-corrected chi connectivity index (χ4v) is 1.71. The van der Waals surface area contributed by atoms with E-state index in [-0.39, 0.29) is 23.0 Å². The van der Waals surface area contributed by atoms with E-state index in [1.165, 1.54) is 6.07 Å². The second-order valence-corrected chi connectivity index (χ2v) is 4.73. The Labute approximate surface area is 99.7 Å². The third-order valence-corrected chi connectivity index (χ3v) is 2.90. The highest BCUT2D eigenvalue weighted by Crippen LogP contribution is 2.39. The Balaban J connectivity index is 2.46. The van der Waals surface area contributed by atoms with Crippen molar-refractivity contribution in [2.24, 2.45) is 5.92 Å². The molecule has 1 fully saturated rings. The number of aromatic carboxylic acids is 1. The van der Waals surface area contributed by atoms with Crippen molar-refractivity contribution in [3.05, 3.63) is 29.1 Å². The summed E-state index contributed by atoms with van der Waals surface area (Å²) in [6.07, 6.45) is 2.16. The monoisotopic (exact) mass is 233 g/mol. The highest BCUT2D eigenvalue weighted by molar-refractivity contribution is 6.05. The molecule has 0 saturated heterocycles. The molecule has 0 bridgehead atoms. The van der Waals surface area contributed by atoms with Crippen LogP contribution in [-0.4, -0.2) is 21.8 Å². The maximum absolute atomic E-state index is 11.9. The van der Waals surface area contributed by atoms with E-state index in [0.29, 0.717) is 5.92 Å². The van der Waals surface area contributed by atoms with Gasteiger partial charge < -0.3 is 5.11 Å². The van der Waals surface area contributed by atoms with Gasteiger partial charge in [0.1, 0.15) is 5.69 Å². The SMILES string of the molecule is CC(C)C(=O)c1nc(C2CC2)ccc1C(=O)O. The van der Waals surface area contributed by atoms with Crippen LogP contribution in [0.5, 0.6) is 0 Å². The van der Waals surface area contributed by atoms with Crippen molar-refractivity contribution in [1.82, 2.24) is 4.98 Å². The quantitative estimate of drug-likeness (QED) is 0.811. The number of hydrogen-bond donors (Lipinski definition) is 1. The van der Waals surface area contributed by atoms with E-state index in [2.05, 4.69) is 4.98 Å².